The van der Waals surface area contributed by atoms with E-state index in [2.05, 4.69) is 76.0 Å². The topological polar surface area (TPSA) is 133 Å². The van der Waals surface area contributed by atoms with Crippen LogP contribution in [-0.4, -0.2) is 47.8 Å². The Morgan fingerprint density at radius 3 is 0.867 bits per heavy atom. The second-order valence-corrected chi connectivity index (χ2v) is 6.97. The van der Waals surface area contributed by atoms with E-state index in [-0.39, 0.29) is 42.1 Å². The molecule has 0 aliphatic carbocycles. The molecule has 0 saturated carbocycles. The molecule has 0 aromatic rings. The largest absolute Gasteiger partial charge is 2.00 e. The number of carbonyl (C=O) groups is 2. The first-order valence-corrected chi connectivity index (χ1v) is 9.36. The quantitative estimate of drug-likeness (QED) is 0.282. The maximum absolute atomic E-state index is 8.89. The standard InChI is InChI=1S/2C8H17N2.2C2H4O2.2Mo/c2*1-6(2)9-8(5)10-7(3)4;2*1-2(3)4;;/h2*6-7H,1-5H3;2*1H3,(H,3,4);;/q2*-1;;;2*+2/p-2. The first kappa shape index (κ1) is 43.2. The summed E-state index contributed by atoms with van der Waals surface area (Å²) >= 11 is 0. The third-order valence-electron chi connectivity index (χ3n) is 1.78. The average molecular weight is 592 g/mol. The van der Waals surface area contributed by atoms with Gasteiger partial charge in [-0.3, -0.25) is 0 Å². The van der Waals surface area contributed by atoms with Gasteiger partial charge >= 0.3 is 42.1 Å². The number of aliphatic carboxylic acids is 2. The Morgan fingerprint density at radius 1 is 0.600 bits per heavy atom. The van der Waals surface area contributed by atoms with Gasteiger partial charge in [-0.15, -0.1) is 0 Å². The minimum atomic E-state index is -1.08. The van der Waals surface area contributed by atoms with Crippen LogP contribution in [0.2, 0.25) is 0 Å². The van der Waals surface area contributed by atoms with Crippen molar-refractivity contribution in [2.24, 2.45) is 9.98 Å². The van der Waals surface area contributed by atoms with Crippen LogP contribution in [0.5, 0.6) is 0 Å². The van der Waals surface area contributed by atoms with Crippen LogP contribution in [0.3, 0.4) is 0 Å². The molecule has 0 aromatic carbocycles. The number of hydrogen-bond acceptors (Lipinski definition) is 6. The van der Waals surface area contributed by atoms with Gasteiger partial charge < -0.3 is 40.4 Å². The van der Waals surface area contributed by atoms with Crippen LogP contribution in [0.4, 0.5) is 0 Å². The smallest absolute Gasteiger partial charge is 0.550 e. The number of carbonyl (C=O) groups excluding carboxylic acids is 2. The summed E-state index contributed by atoms with van der Waals surface area (Å²) in [7, 11) is 0. The molecule has 0 unspecified atom stereocenters. The first-order valence-electron chi connectivity index (χ1n) is 9.36. The molecule has 0 saturated heterocycles. The molecule has 0 bridgehead atoms. The molecule has 8 nitrogen and oxygen atoms in total. The molecule has 10 heteroatoms. The van der Waals surface area contributed by atoms with Gasteiger partial charge in [-0.05, 0) is 51.9 Å². The van der Waals surface area contributed by atoms with E-state index in [0.29, 0.717) is 24.2 Å². The van der Waals surface area contributed by atoms with E-state index in [1.165, 1.54) is 0 Å². The summed E-state index contributed by atoms with van der Waals surface area (Å²) in [5.41, 5.74) is 0. The zero-order chi connectivity index (χ0) is 23.4. The van der Waals surface area contributed by atoms with Crippen molar-refractivity contribution in [1.29, 1.82) is 0 Å². The van der Waals surface area contributed by atoms with Crippen molar-refractivity contribution in [2.45, 2.75) is 107 Å². The number of carboxylic acids is 2. The van der Waals surface area contributed by atoms with E-state index in [1.54, 1.807) is 0 Å². The molecule has 0 N–H and O–H groups in total. The summed E-state index contributed by atoms with van der Waals surface area (Å²) in [6.45, 7) is 22.3. The van der Waals surface area contributed by atoms with Crippen LogP contribution in [-0.2, 0) is 51.7 Å². The molecule has 0 aliphatic heterocycles. The molecule has 0 amide bonds. The zero-order valence-electron chi connectivity index (χ0n) is 20.5. The van der Waals surface area contributed by atoms with E-state index in [0.717, 1.165) is 25.5 Å². The molecule has 0 rings (SSSR count). The molecule has 0 aliphatic rings. The van der Waals surface area contributed by atoms with E-state index in [4.69, 9.17) is 19.8 Å². The Hall–Kier alpha value is -0.743. The van der Waals surface area contributed by atoms with Crippen molar-refractivity contribution in [3.8, 4) is 0 Å². The Balaban J connectivity index is -0.0000000678. The fraction of sp³-hybridized carbons (Fsp3) is 0.800. The Kier molecular flexibility index (Phi) is 40.7. The Morgan fingerprint density at radius 2 is 0.767 bits per heavy atom. The van der Waals surface area contributed by atoms with Gasteiger partial charge in [-0.1, -0.05) is 67.1 Å². The van der Waals surface area contributed by atoms with E-state index < -0.39 is 11.9 Å². The van der Waals surface area contributed by atoms with Gasteiger partial charge in [0.25, 0.3) is 0 Å². The maximum atomic E-state index is 8.89. The predicted octanol–water partition coefficient (Wildman–Crippen LogP) is 2.70. The van der Waals surface area contributed by atoms with Crippen molar-refractivity contribution >= 4 is 23.6 Å². The normalized spacial score (nSPS) is 10.3. The molecule has 0 fully saturated rings. The molecule has 0 radical (unpaired) electrons. The summed E-state index contributed by atoms with van der Waals surface area (Å²) in [6, 6.07) is 1.45. The Bertz CT molecular complexity index is 418. The maximum Gasteiger partial charge on any atom is 2.00 e. The van der Waals surface area contributed by atoms with Gasteiger partial charge in [0, 0.05) is 11.9 Å². The van der Waals surface area contributed by atoms with Crippen LogP contribution >= 0.6 is 0 Å². The van der Waals surface area contributed by atoms with Gasteiger partial charge in [0.2, 0.25) is 0 Å². The SMILES string of the molecule is CC(=NC(C)C)[N-]C(C)C.CC(=NC(C)C)[N-]C(C)C.CC(=O)[O-].CC(=O)[O-].[Mo+2].[Mo+2]. The third kappa shape index (κ3) is 80.7. The number of hydrogen-bond donors (Lipinski definition) is 0. The van der Waals surface area contributed by atoms with Gasteiger partial charge in [0.15, 0.2) is 0 Å². The summed E-state index contributed by atoms with van der Waals surface area (Å²) < 4.78 is 0. The van der Waals surface area contributed by atoms with Gasteiger partial charge in [0.1, 0.15) is 0 Å². The molecule has 0 atom stereocenters. The molecule has 176 valence electrons. The number of nitrogens with zero attached hydrogens (tertiary/aromatic N) is 4. The fourth-order valence-corrected chi connectivity index (χ4v) is 1.56. The molecule has 0 spiro atoms. The molecule has 0 heterocycles. The van der Waals surface area contributed by atoms with Crippen molar-refractivity contribution in [3.05, 3.63) is 10.6 Å². The number of aliphatic imine (C=N–C) groups is 2. The monoisotopic (exact) mass is 596 g/mol. The average Bonchev–Trinajstić information content (AvgIpc) is 2.32. The summed E-state index contributed by atoms with van der Waals surface area (Å²) in [6.07, 6.45) is 0. The third-order valence-corrected chi connectivity index (χ3v) is 1.78. The minimum Gasteiger partial charge on any atom is -0.550 e. The predicted molar refractivity (Wildman–Crippen MR) is 115 cm³/mol. The van der Waals surface area contributed by atoms with E-state index in [9.17, 15) is 0 Å². The summed E-state index contributed by atoms with van der Waals surface area (Å²) in [5.74, 6) is -0.352. The van der Waals surface area contributed by atoms with Gasteiger partial charge in [-0.2, -0.15) is 0 Å². The van der Waals surface area contributed by atoms with Crippen LogP contribution in [0.25, 0.3) is 10.6 Å². The Labute approximate surface area is 212 Å². The minimum absolute atomic E-state index is 0. The van der Waals surface area contributed by atoms with Crippen LogP contribution in [0, 0.1) is 0 Å². The molecule has 30 heavy (non-hydrogen) atoms. The van der Waals surface area contributed by atoms with E-state index >= 15 is 0 Å². The summed E-state index contributed by atoms with van der Waals surface area (Å²) in [5, 5.41) is 26.3. The van der Waals surface area contributed by atoms with Gasteiger partial charge in [-0.25, -0.2) is 0 Å². The van der Waals surface area contributed by atoms with Crippen molar-refractivity contribution < 1.29 is 61.9 Å². The van der Waals surface area contributed by atoms with Crippen molar-refractivity contribution in [2.75, 3.05) is 0 Å². The number of carboxylic acid groups (broad SMARTS) is 2. The molecular formula is C20H40Mo2N4O4. The molecular weight excluding hydrogens is 552 g/mol. The van der Waals surface area contributed by atoms with E-state index in [1.807, 2.05) is 13.8 Å². The number of rotatable bonds is 4. The first-order chi connectivity index (χ1) is 12.5. The second kappa shape index (κ2) is 28.3. The zero-order valence-corrected chi connectivity index (χ0v) is 24.6. The fourth-order valence-electron chi connectivity index (χ4n) is 1.56. The van der Waals surface area contributed by atoms with Crippen molar-refractivity contribution in [1.82, 2.24) is 0 Å². The number of amidine groups is 2. The van der Waals surface area contributed by atoms with Crippen LogP contribution in [0.1, 0.15) is 83.1 Å². The van der Waals surface area contributed by atoms with Gasteiger partial charge in [0.05, 0.1) is 0 Å². The second-order valence-electron chi connectivity index (χ2n) is 6.97. The molecule has 0 aromatic heterocycles. The van der Waals surface area contributed by atoms with Crippen LogP contribution in [0.15, 0.2) is 9.98 Å². The van der Waals surface area contributed by atoms with Crippen molar-refractivity contribution in [3.63, 3.8) is 0 Å². The summed E-state index contributed by atoms with van der Waals surface area (Å²) in [4.78, 5) is 26.3. The van der Waals surface area contributed by atoms with Crippen LogP contribution < -0.4 is 10.2 Å².